The molecule has 0 aromatic heterocycles. The minimum atomic E-state index is 0.921. The lowest BCUT2D eigenvalue weighted by molar-refractivity contribution is 0.668. The number of hydrogen-bond donors (Lipinski definition) is 0. The van der Waals surface area contributed by atoms with Gasteiger partial charge in [0.1, 0.15) is 0 Å². The summed E-state index contributed by atoms with van der Waals surface area (Å²) in [5.41, 5.74) is 1.88. The summed E-state index contributed by atoms with van der Waals surface area (Å²) < 4.78 is 1.74. The van der Waals surface area contributed by atoms with E-state index in [-0.39, 0.29) is 0 Å². The highest BCUT2D eigenvalue weighted by Crippen LogP contribution is 2.07. The van der Waals surface area contributed by atoms with Crippen LogP contribution in [0.2, 0.25) is 0 Å². The van der Waals surface area contributed by atoms with E-state index in [0.717, 1.165) is 11.3 Å². The Bertz CT molecular complexity index is 249. The minimum Gasteiger partial charge on any atom is -0.239 e. The van der Waals surface area contributed by atoms with E-state index in [4.69, 9.17) is 0 Å². The zero-order valence-electron chi connectivity index (χ0n) is 6.29. The SMILES string of the molecule is C=C1C=CC=C/C1=N/N(C)I. The van der Waals surface area contributed by atoms with Gasteiger partial charge in [0.25, 0.3) is 0 Å². The van der Waals surface area contributed by atoms with Crippen LogP contribution in [0.3, 0.4) is 0 Å². The van der Waals surface area contributed by atoms with Gasteiger partial charge in [-0.1, -0.05) is 24.8 Å². The molecule has 0 saturated heterocycles. The maximum absolute atomic E-state index is 4.22. The Morgan fingerprint density at radius 3 is 2.64 bits per heavy atom. The summed E-state index contributed by atoms with van der Waals surface area (Å²) in [5.74, 6) is 0. The summed E-state index contributed by atoms with van der Waals surface area (Å²) in [6.07, 6.45) is 7.79. The predicted molar refractivity (Wildman–Crippen MR) is 56.6 cm³/mol. The van der Waals surface area contributed by atoms with E-state index in [1.165, 1.54) is 0 Å². The predicted octanol–water partition coefficient (Wildman–Crippen LogP) is 2.31. The molecule has 2 nitrogen and oxygen atoms in total. The number of halogens is 1. The lowest BCUT2D eigenvalue weighted by atomic mass is 10.1. The van der Waals surface area contributed by atoms with Crippen LogP contribution in [0.5, 0.6) is 0 Å². The van der Waals surface area contributed by atoms with Gasteiger partial charge in [0.15, 0.2) is 0 Å². The number of hydrogen-bond acceptors (Lipinski definition) is 2. The smallest absolute Gasteiger partial charge is 0.0906 e. The standard InChI is InChI=1S/C8H9IN2/c1-7-5-3-4-6-8(7)10-11(2)9/h3-6H,1H2,2H3/b10-8-. The van der Waals surface area contributed by atoms with Crippen LogP contribution < -0.4 is 0 Å². The van der Waals surface area contributed by atoms with Crippen molar-refractivity contribution in [1.29, 1.82) is 0 Å². The first-order valence-corrected chi connectivity index (χ1v) is 4.19. The summed E-state index contributed by atoms with van der Waals surface area (Å²) in [5, 5.41) is 4.22. The summed E-state index contributed by atoms with van der Waals surface area (Å²) in [4.78, 5) is 0. The molecular weight excluding hydrogens is 251 g/mol. The number of allylic oxidation sites excluding steroid dienone is 5. The van der Waals surface area contributed by atoms with Gasteiger partial charge >= 0.3 is 0 Å². The van der Waals surface area contributed by atoms with Gasteiger partial charge in [-0.2, -0.15) is 5.10 Å². The van der Waals surface area contributed by atoms with Crippen LogP contribution in [0.25, 0.3) is 0 Å². The first kappa shape index (κ1) is 8.52. The number of nitrogens with zero attached hydrogens (tertiary/aromatic N) is 2. The number of hydrazone groups is 1. The Hall–Kier alpha value is -0.580. The van der Waals surface area contributed by atoms with Crippen molar-refractivity contribution >= 4 is 28.6 Å². The molecule has 11 heavy (non-hydrogen) atoms. The van der Waals surface area contributed by atoms with Gasteiger partial charge in [0.05, 0.1) is 28.6 Å². The Kier molecular flexibility index (Phi) is 2.87. The Balaban J connectivity index is 2.81. The zero-order chi connectivity index (χ0) is 8.27. The molecule has 0 unspecified atom stereocenters. The minimum absolute atomic E-state index is 0.921. The molecule has 0 N–H and O–H groups in total. The van der Waals surface area contributed by atoms with Gasteiger partial charge in [0, 0.05) is 7.05 Å². The third-order valence-electron chi connectivity index (χ3n) is 1.24. The van der Waals surface area contributed by atoms with Crippen LogP contribution in [0.4, 0.5) is 0 Å². The first-order chi connectivity index (χ1) is 5.20. The maximum Gasteiger partial charge on any atom is 0.0906 e. The molecule has 0 fully saturated rings. The fraction of sp³-hybridized carbons (Fsp3) is 0.125. The largest absolute Gasteiger partial charge is 0.239 e. The van der Waals surface area contributed by atoms with Crippen molar-refractivity contribution in [3.05, 3.63) is 36.5 Å². The molecule has 0 heterocycles. The van der Waals surface area contributed by atoms with Crippen molar-refractivity contribution < 1.29 is 0 Å². The highest BCUT2D eigenvalue weighted by atomic mass is 127. The van der Waals surface area contributed by atoms with Gasteiger partial charge in [-0.15, -0.1) is 0 Å². The lowest BCUT2D eigenvalue weighted by Crippen LogP contribution is -2.04. The molecular formula is C8H9IN2. The fourth-order valence-corrected chi connectivity index (χ4v) is 0.989. The third kappa shape index (κ3) is 2.49. The molecule has 1 aliphatic carbocycles. The molecule has 0 aromatic rings. The molecule has 0 aliphatic heterocycles. The van der Waals surface area contributed by atoms with E-state index < -0.39 is 0 Å². The second-order valence-corrected chi connectivity index (χ2v) is 3.57. The molecule has 1 rings (SSSR count). The van der Waals surface area contributed by atoms with Crippen molar-refractivity contribution in [3.8, 4) is 0 Å². The van der Waals surface area contributed by atoms with Gasteiger partial charge in [-0.3, -0.25) is 0 Å². The van der Waals surface area contributed by atoms with Crippen LogP contribution in [0.1, 0.15) is 0 Å². The highest BCUT2D eigenvalue weighted by Gasteiger charge is 2.00. The van der Waals surface area contributed by atoms with Crippen molar-refractivity contribution in [2.24, 2.45) is 5.10 Å². The summed E-state index contributed by atoms with van der Waals surface area (Å²) in [6, 6.07) is 0. The zero-order valence-corrected chi connectivity index (χ0v) is 8.45. The van der Waals surface area contributed by atoms with E-state index in [0.29, 0.717) is 0 Å². The fourth-order valence-electron chi connectivity index (χ4n) is 0.757. The van der Waals surface area contributed by atoms with E-state index in [1.54, 1.807) is 3.22 Å². The Labute approximate surface area is 80.5 Å². The molecule has 0 aromatic carbocycles. The second-order valence-electron chi connectivity index (χ2n) is 2.17. The van der Waals surface area contributed by atoms with Gasteiger partial charge in [-0.05, 0) is 11.6 Å². The summed E-state index contributed by atoms with van der Waals surface area (Å²) >= 11 is 2.10. The Morgan fingerprint density at radius 2 is 2.09 bits per heavy atom. The monoisotopic (exact) mass is 260 g/mol. The maximum atomic E-state index is 4.22. The van der Waals surface area contributed by atoms with Crippen LogP contribution in [-0.4, -0.2) is 16.0 Å². The highest BCUT2D eigenvalue weighted by molar-refractivity contribution is 14.1. The van der Waals surface area contributed by atoms with E-state index in [1.807, 2.05) is 31.4 Å². The van der Waals surface area contributed by atoms with E-state index >= 15 is 0 Å². The van der Waals surface area contributed by atoms with Crippen LogP contribution in [0.15, 0.2) is 41.6 Å². The molecule has 3 heteroatoms. The number of rotatable bonds is 1. The van der Waals surface area contributed by atoms with Crippen molar-refractivity contribution in [1.82, 2.24) is 3.22 Å². The van der Waals surface area contributed by atoms with Gasteiger partial charge in [0.2, 0.25) is 0 Å². The first-order valence-electron chi connectivity index (χ1n) is 3.22. The van der Waals surface area contributed by atoms with Crippen molar-refractivity contribution in [2.75, 3.05) is 7.05 Å². The Morgan fingerprint density at radius 1 is 1.45 bits per heavy atom. The topological polar surface area (TPSA) is 15.6 Å². The molecule has 0 atom stereocenters. The molecule has 58 valence electrons. The van der Waals surface area contributed by atoms with Crippen molar-refractivity contribution in [3.63, 3.8) is 0 Å². The normalized spacial score (nSPS) is 19.5. The average molecular weight is 260 g/mol. The molecule has 0 radical (unpaired) electrons. The third-order valence-corrected chi connectivity index (χ3v) is 1.45. The quantitative estimate of drug-likeness (QED) is 0.401. The lowest BCUT2D eigenvalue weighted by Gasteiger charge is -2.07. The van der Waals surface area contributed by atoms with E-state index in [9.17, 15) is 0 Å². The molecule has 0 bridgehead atoms. The van der Waals surface area contributed by atoms with Crippen LogP contribution >= 0.6 is 22.9 Å². The second kappa shape index (κ2) is 3.71. The summed E-state index contributed by atoms with van der Waals surface area (Å²) in [6.45, 7) is 3.85. The summed E-state index contributed by atoms with van der Waals surface area (Å²) in [7, 11) is 1.88. The van der Waals surface area contributed by atoms with Gasteiger partial charge < -0.3 is 0 Å². The van der Waals surface area contributed by atoms with Crippen LogP contribution in [0, 0.1) is 0 Å². The van der Waals surface area contributed by atoms with Gasteiger partial charge in [-0.25, -0.2) is 3.22 Å². The molecule has 0 amide bonds. The molecule has 0 spiro atoms. The van der Waals surface area contributed by atoms with Crippen molar-refractivity contribution in [2.45, 2.75) is 0 Å². The molecule has 1 aliphatic rings. The van der Waals surface area contributed by atoms with Crippen LogP contribution in [-0.2, 0) is 0 Å². The molecule has 0 saturated carbocycles. The average Bonchev–Trinajstić information content (AvgIpc) is 1.93. The van der Waals surface area contributed by atoms with E-state index in [2.05, 4.69) is 34.5 Å².